The fraction of sp³-hybridized carbons (Fsp3) is 0.300. The molecule has 1 aromatic heterocycles. The van der Waals surface area contributed by atoms with Crippen molar-refractivity contribution in [1.82, 2.24) is 15.2 Å². The Morgan fingerprint density at radius 1 is 1.08 bits per heavy atom. The van der Waals surface area contributed by atoms with Crippen molar-refractivity contribution >= 4 is 22.9 Å². The van der Waals surface area contributed by atoms with E-state index in [1.165, 1.54) is 12.1 Å². The van der Waals surface area contributed by atoms with Crippen molar-refractivity contribution in [3.05, 3.63) is 89.2 Å². The van der Waals surface area contributed by atoms with E-state index in [-0.39, 0.29) is 29.5 Å². The van der Waals surface area contributed by atoms with Gasteiger partial charge in [-0.25, -0.2) is 9.37 Å². The van der Waals surface area contributed by atoms with Crippen LogP contribution in [-0.4, -0.2) is 34.8 Å². The summed E-state index contributed by atoms with van der Waals surface area (Å²) in [4.78, 5) is 32.3. The second-order valence-corrected chi connectivity index (χ2v) is 9.83. The van der Waals surface area contributed by atoms with E-state index >= 15 is 0 Å². The van der Waals surface area contributed by atoms with Gasteiger partial charge in [0.2, 0.25) is 11.8 Å². The molecule has 0 saturated carbocycles. The number of benzene rings is 3. The van der Waals surface area contributed by atoms with E-state index in [9.17, 15) is 14.0 Å². The largest absolute Gasteiger partial charge is 0.436 e. The quantitative estimate of drug-likeness (QED) is 0.367. The number of fused-ring (bicyclic) bond motifs is 1. The summed E-state index contributed by atoms with van der Waals surface area (Å²) < 4.78 is 19.3. The Morgan fingerprint density at radius 2 is 1.84 bits per heavy atom. The highest BCUT2D eigenvalue weighted by molar-refractivity contribution is 5.97. The molecular formula is C30H30FN3O3. The number of likely N-dealkylation sites (tertiary alicyclic amines) is 1. The molecule has 0 radical (unpaired) electrons. The molecule has 1 fully saturated rings. The number of nitrogens with zero attached hydrogens (tertiary/aromatic N) is 2. The molecular weight excluding hydrogens is 469 g/mol. The Bertz CT molecular complexity index is 1420. The van der Waals surface area contributed by atoms with Crippen molar-refractivity contribution in [3.8, 4) is 11.5 Å². The summed E-state index contributed by atoms with van der Waals surface area (Å²) in [5.74, 6) is 0.138. The lowest BCUT2D eigenvalue weighted by atomic mass is 9.84. The molecule has 2 amide bonds. The predicted octanol–water partition coefficient (Wildman–Crippen LogP) is 5.75. The van der Waals surface area contributed by atoms with Gasteiger partial charge in [0.15, 0.2) is 5.58 Å². The van der Waals surface area contributed by atoms with Gasteiger partial charge in [0.1, 0.15) is 11.3 Å². The van der Waals surface area contributed by atoms with Crippen LogP contribution in [0.5, 0.6) is 0 Å². The van der Waals surface area contributed by atoms with Crippen molar-refractivity contribution < 1.29 is 18.4 Å². The van der Waals surface area contributed by atoms with Gasteiger partial charge in [0.25, 0.3) is 5.91 Å². The number of halogens is 1. The van der Waals surface area contributed by atoms with Gasteiger partial charge in [-0.1, -0.05) is 36.8 Å². The molecule has 3 aromatic carbocycles. The van der Waals surface area contributed by atoms with Crippen LogP contribution in [0, 0.1) is 24.6 Å². The van der Waals surface area contributed by atoms with E-state index in [2.05, 4.69) is 10.3 Å². The smallest absolute Gasteiger partial charge is 0.253 e. The minimum atomic E-state index is -0.314. The highest BCUT2D eigenvalue weighted by Gasteiger charge is 2.30. The van der Waals surface area contributed by atoms with Gasteiger partial charge in [-0.2, -0.15) is 0 Å². The molecule has 1 saturated heterocycles. The molecule has 190 valence electrons. The molecule has 1 N–H and O–H groups in total. The van der Waals surface area contributed by atoms with Crippen LogP contribution in [0.25, 0.3) is 22.6 Å². The number of piperidine rings is 1. The lowest BCUT2D eigenvalue weighted by molar-refractivity contribution is -0.126. The zero-order valence-corrected chi connectivity index (χ0v) is 21.0. The van der Waals surface area contributed by atoms with Crippen LogP contribution < -0.4 is 5.32 Å². The van der Waals surface area contributed by atoms with Crippen LogP contribution in [0.15, 0.2) is 71.1 Å². The molecule has 1 aliphatic heterocycles. The molecule has 0 unspecified atom stereocenters. The van der Waals surface area contributed by atoms with Crippen LogP contribution in [0.3, 0.4) is 0 Å². The summed E-state index contributed by atoms with van der Waals surface area (Å²) in [6.45, 7) is 5.44. The van der Waals surface area contributed by atoms with Crippen LogP contribution in [-0.2, 0) is 11.3 Å². The summed E-state index contributed by atoms with van der Waals surface area (Å²) in [7, 11) is 0. The number of carbonyl (C=O) groups excluding carboxylic acids is 2. The fourth-order valence-electron chi connectivity index (χ4n) is 4.88. The van der Waals surface area contributed by atoms with Crippen LogP contribution in [0.2, 0.25) is 0 Å². The molecule has 0 spiro atoms. The van der Waals surface area contributed by atoms with Gasteiger partial charge >= 0.3 is 0 Å². The molecule has 7 heteroatoms. The average Bonchev–Trinajstić information content (AvgIpc) is 3.35. The molecule has 2 heterocycles. The van der Waals surface area contributed by atoms with Gasteiger partial charge in [-0.15, -0.1) is 0 Å². The van der Waals surface area contributed by atoms with Gasteiger partial charge in [0, 0.05) is 36.7 Å². The molecule has 6 nitrogen and oxygen atoms in total. The van der Waals surface area contributed by atoms with Crippen molar-refractivity contribution in [2.45, 2.75) is 33.2 Å². The van der Waals surface area contributed by atoms with E-state index < -0.39 is 0 Å². The maximum atomic E-state index is 13.4. The maximum Gasteiger partial charge on any atom is 0.253 e. The first-order chi connectivity index (χ1) is 17.9. The standard InChI is InChI=1S/C30H30FN3O3/c1-19-6-8-23(9-7-19)29-33-26-17-24(10-11-27(26)37-29)30(36)34-14-12-22(13-15-34)20(2)28(35)32-18-21-4-3-5-25(31)16-21/h3-11,16-17,20,22H,12-15,18H2,1-2H3,(H,32,35)/t20-/m0/s1. The molecule has 4 aromatic rings. The van der Waals surface area contributed by atoms with Crippen LogP contribution in [0.1, 0.15) is 41.3 Å². The minimum Gasteiger partial charge on any atom is -0.436 e. The first kappa shape index (κ1) is 24.7. The Morgan fingerprint density at radius 3 is 2.57 bits per heavy atom. The molecule has 0 aliphatic carbocycles. The third-order valence-corrected chi connectivity index (χ3v) is 7.24. The van der Waals surface area contributed by atoms with E-state index in [4.69, 9.17) is 4.42 Å². The number of hydrogen-bond donors (Lipinski definition) is 1. The third-order valence-electron chi connectivity index (χ3n) is 7.24. The predicted molar refractivity (Wildman–Crippen MR) is 140 cm³/mol. The minimum absolute atomic E-state index is 0.0385. The summed E-state index contributed by atoms with van der Waals surface area (Å²) in [5.41, 5.74) is 4.66. The van der Waals surface area contributed by atoms with E-state index in [0.717, 1.165) is 29.5 Å². The number of oxazole rings is 1. The molecule has 1 aliphatic rings. The monoisotopic (exact) mass is 499 g/mol. The molecule has 37 heavy (non-hydrogen) atoms. The van der Waals surface area contributed by atoms with Gasteiger partial charge in [0.05, 0.1) is 0 Å². The van der Waals surface area contributed by atoms with Gasteiger partial charge < -0.3 is 14.6 Å². The Kier molecular flexibility index (Phi) is 7.04. The summed E-state index contributed by atoms with van der Waals surface area (Å²) in [6.07, 6.45) is 1.51. The number of aryl methyl sites for hydroxylation is 1. The maximum absolute atomic E-state index is 13.4. The van der Waals surface area contributed by atoms with Crippen molar-refractivity contribution in [2.75, 3.05) is 13.1 Å². The summed E-state index contributed by atoms with van der Waals surface area (Å²) in [6, 6.07) is 19.6. The molecule has 1 atom stereocenters. The zero-order valence-electron chi connectivity index (χ0n) is 21.0. The van der Waals surface area contributed by atoms with Crippen LogP contribution >= 0.6 is 0 Å². The first-order valence-corrected chi connectivity index (χ1v) is 12.7. The number of carbonyl (C=O) groups is 2. The lowest BCUT2D eigenvalue weighted by Gasteiger charge is -2.34. The third kappa shape index (κ3) is 5.56. The lowest BCUT2D eigenvalue weighted by Crippen LogP contribution is -2.42. The molecule has 0 bridgehead atoms. The van der Waals surface area contributed by atoms with E-state index in [0.29, 0.717) is 42.2 Å². The van der Waals surface area contributed by atoms with E-state index in [1.807, 2.05) is 43.0 Å². The first-order valence-electron chi connectivity index (χ1n) is 12.7. The number of nitrogens with one attached hydrogen (secondary N) is 1. The number of aromatic nitrogens is 1. The van der Waals surface area contributed by atoms with Gasteiger partial charge in [-0.05, 0) is 73.7 Å². The molecule has 5 rings (SSSR count). The van der Waals surface area contributed by atoms with Crippen molar-refractivity contribution in [2.24, 2.45) is 11.8 Å². The topological polar surface area (TPSA) is 75.4 Å². The highest BCUT2D eigenvalue weighted by atomic mass is 19.1. The van der Waals surface area contributed by atoms with Crippen LogP contribution in [0.4, 0.5) is 4.39 Å². The Hall–Kier alpha value is -4.00. The number of amides is 2. The Balaban J connectivity index is 1.18. The van der Waals surface area contributed by atoms with Crippen molar-refractivity contribution in [1.29, 1.82) is 0 Å². The number of rotatable bonds is 6. The highest BCUT2D eigenvalue weighted by Crippen LogP contribution is 2.28. The normalized spacial score (nSPS) is 15.1. The second kappa shape index (κ2) is 10.5. The van der Waals surface area contributed by atoms with E-state index in [1.54, 1.807) is 30.3 Å². The SMILES string of the molecule is Cc1ccc(-c2nc3cc(C(=O)N4CCC([C@H](C)C(=O)NCc5cccc(F)c5)CC4)ccc3o2)cc1. The zero-order chi connectivity index (χ0) is 25.9. The Labute approximate surface area is 215 Å². The summed E-state index contributed by atoms with van der Waals surface area (Å²) >= 11 is 0. The fourth-order valence-corrected chi connectivity index (χ4v) is 4.88. The number of hydrogen-bond acceptors (Lipinski definition) is 4. The van der Waals surface area contributed by atoms with Crippen molar-refractivity contribution in [3.63, 3.8) is 0 Å². The summed E-state index contributed by atoms with van der Waals surface area (Å²) in [5, 5.41) is 2.91. The average molecular weight is 500 g/mol. The second-order valence-electron chi connectivity index (χ2n) is 9.83. The van der Waals surface area contributed by atoms with Gasteiger partial charge in [-0.3, -0.25) is 9.59 Å².